The molecule has 1 fully saturated rings. The van der Waals surface area contributed by atoms with Gasteiger partial charge in [0.25, 0.3) is 0 Å². The van der Waals surface area contributed by atoms with Crippen LogP contribution >= 0.6 is 0 Å². The number of hydrogen-bond acceptors (Lipinski definition) is 2. The van der Waals surface area contributed by atoms with Crippen LogP contribution in [0.5, 0.6) is 0 Å². The average Bonchev–Trinajstić information content (AvgIpc) is 2.68. The SMILES string of the molecule is O=C(O)NC(CC1CC1)C(=O)O. The minimum Gasteiger partial charge on any atom is -0.480 e. The van der Waals surface area contributed by atoms with E-state index in [1.165, 1.54) is 0 Å². The third kappa shape index (κ3) is 2.77. The highest BCUT2D eigenvalue weighted by molar-refractivity contribution is 5.79. The molecular weight excluding hydrogens is 162 g/mol. The molecule has 3 N–H and O–H groups in total. The number of amides is 1. The Hall–Kier alpha value is -1.26. The van der Waals surface area contributed by atoms with Crippen LogP contribution in [-0.2, 0) is 4.79 Å². The lowest BCUT2D eigenvalue weighted by Crippen LogP contribution is -2.40. The van der Waals surface area contributed by atoms with Crippen molar-refractivity contribution in [2.45, 2.75) is 25.3 Å². The van der Waals surface area contributed by atoms with E-state index in [1.54, 1.807) is 0 Å². The van der Waals surface area contributed by atoms with Gasteiger partial charge in [0.15, 0.2) is 0 Å². The Kier molecular flexibility index (Phi) is 2.52. The fourth-order valence-corrected chi connectivity index (χ4v) is 1.06. The van der Waals surface area contributed by atoms with Crippen molar-refractivity contribution in [3.8, 4) is 0 Å². The van der Waals surface area contributed by atoms with E-state index in [-0.39, 0.29) is 0 Å². The van der Waals surface area contributed by atoms with Crippen LogP contribution in [0.2, 0.25) is 0 Å². The van der Waals surface area contributed by atoms with Gasteiger partial charge in [0.2, 0.25) is 0 Å². The van der Waals surface area contributed by atoms with E-state index < -0.39 is 18.1 Å². The second-order valence-electron chi connectivity index (χ2n) is 3.02. The van der Waals surface area contributed by atoms with E-state index in [9.17, 15) is 9.59 Å². The molecule has 1 amide bonds. The zero-order valence-corrected chi connectivity index (χ0v) is 6.49. The first-order valence-electron chi connectivity index (χ1n) is 3.82. The van der Waals surface area contributed by atoms with Gasteiger partial charge in [-0.15, -0.1) is 0 Å². The van der Waals surface area contributed by atoms with Crippen molar-refractivity contribution in [2.24, 2.45) is 5.92 Å². The highest BCUT2D eigenvalue weighted by Crippen LogP contribution is 2.33. The molecule has 68 valence electrons. The van der Waals surface area contributed by atoms with Crippen LogP contribution in [0.3, 0.4) is 0 Å². The quantitative estimate of drug-likeness (QED) is 0.578. The number of aliphatic carboxylic acids is 1. The van der Waals surface area contributed by atoms with Gasteiger partial charge in [-0.25, -0.2) is 9.59 Å². The molecule has 0 aromatic rings. The maximum absolute atomic E-state index is 10.5. The lowest BCUT2D eigenvalue weighted by molar-refractivity contribution is -0.139. The molecule has 0 aliphatic heterocycles. The first kappa shape index (κ1) is 8.83. The molecule has 1 saturated carbocycles. The standard InChI is InChI=1S/C7H11NO4/c9-6(10)5(8-7(11)12)3-4-1-2-4/h4-5,8H,1-3H2,(H,9,10)(H,11,12). The highest BCUT2D eigenvalue weighted by atomic mass is 16.4. The molecule has 5 heteroatoms. The lowest BCUT2D eigenvalue weighted by atomic mass is 10.1. The molecule has 1 aliphatic carbocycles. The van der Waals surface area contributed by atoms with E-state index in [4.69, 9.17) is 10.2 Å². The molecule has 0 spiro atoms. The van der Waals surface area contributed by atoms with E-state index in [1.807, 2.05) is 5.32 Å². The number of carbonyl (C=O) groups is 2. The van der Waals surface area contributed by atoms with Gasteiger partial charge in [-0.05, 0) is 12.3 Å². The van der Waals surface area contributed by atoms with Gasteiger partial charge in [-0.3, -0.25) is 0 Å². The van der Waals surface area contributed by atoms with Gasteiger partial charge in [0.1, 0.15) is 6.04 Å². The molecule has 0 saturated heterocycles. The third-order valence-corrected chi connectivity index (χ3v) is 1.86. The Bertz CT molecular complexity index is 200. The number of hydrogen-bond donors (Lipinski definition) is 3. The van der Waals surface area contributed by atoms with Gasteiger partial charge in [0, 0.05) is 0 Å². The molecule has 0 heterocycles. The summed E-state index contributed by atoms with van der Waals surface area (Å²) in [5.74, 6) is -0.692. The van der Waals surface area contributed by atoms with Crippen molar-refractivity contribution < 1.29 is 19.8 Å². The maximum Gasteiger partial charge on any atom is 0.405 e. The number of carboxylic acid groups (broad SMARTS) is 2. The predicted octanol–water partition coefficient (Wildman–Crippen LogP) is 0.507. The summed E-state index contributed by atoms with van der Waals surface area (Å²) in [6.45, 7) is 0. The second-order valence-corrected chi connectivity index (χ2v) is 3.02. The fraction of sp³-hybridized carbons (Fsp3) is 0.714. The molecule has 12 heavy (non-hydrogen) atoms. The van der Waals surface area contributed by atoms with E-state index in [2.05, 4.69) is 0 Å². The summed E-state index contributed by atoms with van der Waals surface area (Å²) in [6, 6.07) is -0.935. The summed E-state index contributed by atoms with van der Waals surface area (Å²) in [5.41, 5.74) is 0. The van der Waals surface area contributed by atoms with Crippen molar-refractivity contribution >= 4 is 12.1 Å². The average molecular weight is 173 g/mol. The number of nitrogens with one attached hydrogen (secondary N) is 1. The second kappa shape index (κ2) is 3.42. The summed E-state index contributed by atoms with van der Waals surface area (Å²) in [6.07, 6.45) is 1.18. The number of rotatable bonds is 4. The predicted molar refractivity (Wildman–Crippen MR) is 39.9 cm³/mol. The molecule has 0 bridgehead atoms. The fourth-order valence-electron chi connectivity index (χ4n) is 1.06. The van der Waals surface area contributed by atoms with Crippen molar-refractivity contribution in [3.63, 3.8) is 0 Å². The van der Waals surface area contributed by atoms with Crippen LogP contribution < -0.4 is 5.32 Å². The molecule has 0 aromatic carbocycles. The van der Waals surface area contributed by atoms with Crippen molar-refractivity contribution in [3.05, 3.63) is 0 Å². The van der Waals surface area contributed by atoms with Gasteiger partial charge in [-0.2, -0.15) is 0 Å². The van der Waals surface area contributed by atoms with Crippen LogP contribution in [0.1, 0.15) is 19.3 Å². The van der Waals surface area contributed by atoms with Crippen molar-refractivity contribution in [2.75, 3.05) is 0 Å². The Labute approximate surface area is 69.4 Å². The third-order valence-electron chi connectivity index (χ3n) is 1.86. The van der Waals surface area contributed by atoms with E-state index >= 15 is 0 Å². The Morgan fingerprint density at radius 2 is 2.00 bits per heavy atom. The van der Waals surface area contributed by atoms with Gasteiger partial charge in [0.05, 0.1) is 0 Å². The van der Waals surface area contributed by atoms with Crippen LogP contribution in [-0.4, -0.2) is 28.3 Å². The Morgan fingerprint density at radius 1 is 1.42 bits per heavy atom. The van der Waals surface area contributed by atoms with Crippen molar-refractivity contribution in [1.82, 2.24) is 5.32 Å². The van der Waals surface area contributed by atoms with Crippen molar-refractivity contribution in [1.29, 1.82) is 0 Å². The summed E-state index contributed by atoms with van der Waals surface area (Å²) in [4.78, 5) is 20.6. The molecule has 1 aliphatic rings. The molecule has 1 rings (SSSR count). The minimum atomic E-state index is -1.27. The lowest BCUT2D eigenvalue weighted by Gasteiger charge is -2.10. The van der Waals surface area contributed by atoms with Crippen LogP contribution in [0.25, 0.3) is 0 Å². The first-order valence-corrected chi connectivity index (χ1v) is 3.82. The normalized spacial score (nSPS) is 18.3. The Morgan fingerprint density at radius 3 is 2.33 bits per heavy atom. The summed E-state index contributed by atoms with van der Waals surface area (Å²) in [7, 11) is 0. The van der Waals surface area contributed by atoms with E-state index in [0.717, 1.165) is 12.8 Å². The zero-order valence-electron chi connectivity index (χ0n) is 6.49. The van der Waals surface area contributed by atoms with Crippen LogP contribution in [0.15, 0.2) is 0 Å². The molecule has 1 atom stereocenters. The highest BCUT2D eigenvalue weighted by Gasteiger charge is 2.29. The van der Waals surface area contributed by atoms with Crippen LogP contribution in [0, 0.1) is 5.92 Å². The first-order chi connectivity index (χ1) is 5.59. The summed E-state index contributed by atoms with van der Waals surface area (Å²) >= 11 is 0. The molecule has 0 radical (unpaired) electrons. The molecule has 5 nitrogen and oxygen atoms in total. The monoisotopic (exact) mass is 173 g/mol. The van der Waals surface area contributed by atoms with E-state index in [0.29, 0.717) is 12.3 Å². The molecule has 1 unspecified atom stereocenters. The summed E-state index contributed by atoms with van der Waals surface area (Å²) in [5, 5.41) is 18.8. The number of carboxylic acids is 1. The Balaban J connectivity index is 2.36. The topological polar surface area (TPSA) is 86.6 Å². The smallest absolute Gasteiger partial charge is 0.405 e. The summed E-state index contributed by atoms with van der Waals surface area (Å²) < 4.78 is 0. The maximum atomic E-state index is 10.5. The molecular formula is C7H11NO4. The van der Waals surface area contributed by atoms with Crippen LogP contribution in [0.4, 0.5) is 4.79 Å². The zero-order chi connectivity index (χ0) is 9.14. The molecule has 0 aromatic heterocycles. The minimum absolute atomic E-state index is 0.401. The van der Waals surface area contributed by atoms with Gasteiger partial charge in [-0.1, -0.05) is 12.8 Å². The van der Waals surface area contributed by atoms with Gasteiger partial charge < -0.3 is 15.5 Å². The van der Waals surface area contributed by atoms with Gasteiger partial charge >= 0.3 is 12.1 Å². The largest absolute Gasteiger partial charge is 0.480 e.